The molecule has 0 saturated carbocycles. The number of halogens is 2. The average Bonchev–Trinajstić information content (AvgIpc) is 3.31. The van der Waals surface area contributed by atoms with Crippen molar-refractivity contribution >= 4 is 38.9 Å². The monoisotopic (exact) mass is 443 g/mol. The van der Waals surface area contributed by atoms with Crippen LogP contribution in [0.15, 0.2) is 69.0 Å². The van der Waals surface area contributed by atoms with Crippen molar-refractivity contribution in [2.45, 2.75) is 0 Å². The third kappa shape index (κ3) is 3.81. The Morgan fingerprint density at radius 2 is 2.00 bits per heavy atom. The van der Waals surface area contributed by atoms with Crippen molar-refractivity contribution in [3.8, 4) is 22.2 Å². The molecule has 2 aromatic heterocycles. The molecule has 8 heteroatoms. The number of amides is 1. The number of carbonyl (C=O) groups excluding carboxylic acids is 1. The molecule has 2 heterocycles. The molecular weight excluding hydrogens is 433 g/mol. The quantitative estimate of drug-likeness (QED) is 0.444. The normalized spacial score (nSPS) is 10.7. The third-order valence-electron chi connectivity index (χ3n) is 3.70. The first-order chi connectivity index (χ1) is 13.1. The summed E-state index contributed by atoms with van der Waals surface area (Å²) < 4.78 is 19.5. The first-order valence-electron chi connectivity index (χ1n) is 7.84. The smallest absolute Gasteiger partial charge is 0.270 e. The summed E-state index contributed by atoms with van der Waals surface area (Å²) in [6.07, 6.45) is 0. The number of carbonyl (C=O) groups is 1. The lowest BCUT2D eigenvalue weighted by Crippen LogP contribution is -2.11. The van der Waals surface area contributed by atoms with Crippen LogP contribution in [0, 0.1) is 5.82 Å². The predicted molar refractivity (Wildman–Crippen MR) is 105 cm³/mol. The zero-order valence-corrected chi connectivity index (χ0v) is 16.1. The molecule has 0 radical (unpaired) electrons. The summed E-state index contributed by atoms with van der Waals surface area (Å²) in [6, 6.07) is 14.8. The minimum Gasteiger partial charge on any atom is -0.333 e. The average molecular weight is 444 g/mol. The molecule has 1 N–H and O–H groups in total. The summed E-state index contributed by atoms with van der Waals surface area (Å²) in [5.41, 5.74) is 1.60. The number of hydrogen-bond acceptors (Lipinski definition) is 5. The van der Waals surface area contributed by atoms with E-state index >= 15 is 0 Å². The lowest BCUT2D eigenvalue weighted by atomic mass is 10.2. The Kier molecular flexibility index (Phi) is 4.83. The number of hydrogen-bond donors (Lipinski definition) is 1. The summed E-state index contributed by atoms with van der Waals surface area (Å²) in [6.45, 7) is 0. The maximum absolute atomic E-state index is 13.4. The Hall–Kier alpha value is -2.84. The topological polar surface area (TPSA) is 68.0 Å². The van der Waals surface area contributed by atoms with Crippen LogP contribution in [0.3, 0.4) is 0 Å². The molecular formula is C19H11BrFN3O2S. The number of nitrogens with one attached hydrogen (secondary N) is 1. The van der Waals surface area contributed by atoms with Crippen LogP contribution in [0.2, 0.25) is 0 Å². The number of thiophene rings is 1. The SMILES string of the molecule is O=C(Nc1ccsc1-c1nc(-c2cccc(F)c2)no1)c1cccc(Br)c1. The second kappa shape index (κ2) is 7.42. The van der Waals surface area contributed by atoms with E-state index < -0.39 is 0 Å². The molecule has 27 heavy (non-hydrogen) atoms. The highest BCUT2D eigenvalue weighted by molar-refractivity contribution is 9.10. The second-order valence-electron chi connectivity index (χ2n) is 5.56. The van der Waals surface area contributed by atoms with Crippen molar-refractivity contribution in [1.29, 1.82) is 0 Å². The fourth-order valence-corrected chi connectivity index (χ4v) is 3.63. The molecule has 0 aliphatic rings. The molecule has 0 fully saturated rings. The van der Waals surface area contributed by atoms with Gasteiger partial charge in [0.25, 0.3) is 11.8 Å². The van der Waals surface area contributed by atoms with Gasteiger partial charge in [0, 0.05) is 15.6 Å². The number of aromatic nitrogens is 2. The number of nitrogens with zero attached hydrogens (tertiary/aromatic N) is 2. The van der Waals surface area contributed by atoms with Crippen LogP contribution in [0.25, 0.3) is 22.2 Å². The van der Waals surface area contributed by atoms with Crippen molar-refractivity contribution in [3.63, 3.8) is 0 Å². The van der Waals surface area contributed by atoms with Gasteiger partial charge in [-0.05, 0) is 41.8 Å². The van der Waals surface area contributed by atoms with Crippen LogP contribution >= 0.6 is 27.3 Å². The van der Waals surface area contributed by atoms with E-state index in [1.54, 1.807) is 36.4 Å². The summed E-state index contributed by atoms with van der Waals surface area (Å²) in [4.78, 5) is 17.4. The summed E-state index contributed by atoms with van der Waals surface area (Å²) in [7, 11) is 0. The molecule has 4 rings (SSSR count). The molecule has 5 nitrogen and oxygen atoms in total. The van der Waals surface area contributed by atoms with E-state index in [2.05, 4.69) is 31.4 Å². The molecule has 0 aliphatic carbocycles. The van der Waals surface area contributed by atoms with Gasteiger partial charge in [-0.1, -0.05) is 39.3 Å². The van der Waals surface area contributed by atoms with Gasteiger partial charge in [0.2, 0.25) is 5.82 Å². The largest absolute Gasteiger partial charge is 0.333 e. The van der Waals surface area contributed by atoms with Crippen LogP contribution in [0.5, 0.6) is 0 Å². The van der Waals surface area contributed by atoms with Crippen LogP contribution in [0.1, 0.15) is 10.4 Å². The first kappa shape index (κ1) is 17.6. The van der Waals surface area contributed by atoms with Gasteiger partial charge in [0.1, 0.15) is 10.7 Å². The highest BCUT2D eigenvalue weighted by Gasteiger charge is 2.18. The van der Waals surface area contributed by atoms with Gasteiger partial charge < -0.3 is 9.84 Å². The second-order valence-corrected chi connectivity index (χ2v) is 7.39. The van der Waals surface area contributed by atoms with E-state index in [0.29, 0.717) is 21.7 Å². The molecule has 0 spiro atoms. The Balaban J connectivity index is 1.60. The summed E-state index contributed by atoms with van der Waals surface area (Å²) >= 11 is 4.71. The van der Waals surface area contributed by atoms with E-state index in [1.807, 2.05) is 11.4 Å². The van der Waals surface area contributed by atoms with Crippen molar-refractivity contribution in [2.24, 2.45) is 0 Å². The third-order valence-corrected chi connectivity index (χ3v) is 5.10. The maximum Gasteiger partial charge on any atom is 0.270 e. The van der Waals surface area contributed by atoms with Gasteiger partial charge in [0.15, 0.2) is 0 Å². The Morgan fingerprint density at radius 1 is 1.15 bits per heavy atom. The zero-order valence-electron chi connectivity index (χ0n) is 13.6. The minimum atomic E-state index is -0.378. The lowest BCUT2D eigenvalue weighted by Gasteiger charge is -2.05. The summed E-state index contributed by atoms with van der Waals surface area (Å²) in [5, 5.41) is 8.58. The van der Waals surface area contributed by atoms with Crippen molar-refractivity contribution in [2.75, 3.05) is 5.32 Å². The molecule has 4 aromatic rings. The standard InChI is InChI=1S/C19H11BrFN3O2S/c20-13-5-1-4-12(9-13)18(25)22-15-7-8-27-16(15)19-23-17(24-26-19)11-3-2-6-14(21)10-11/h1-10H,(H,22,25). The molecule has 0 unspecified atom stereocenters. The minimum absolute atomic E-state index is 0.249. The maximum atomic E-state index is 13.4. The van der Waals surface area contributed by atoms with Gasteiger partial charge in [-0.2, -0.15) is 4.98 Å². The van der Waals surface area contributed by atoms with Crippen LogP contribution in [0.4, 0.5) is 10.1 Å². The van der Waals surface area contributed by atoms with E-state index in [-0.39, 0.29) is 23.4 Å². The van der Waals surface area contributed by atoms with E-state index in [4.69, 9.17) is 4.52 Å². The number of rotatable bonds is 4. The van der Waals surface area contributed by atoms with Gasteiger partial charge in [-0.25, -0.2) is 4.39 Å². The molecule has 2 aromatic carbocycles. The Labute approximate surface area is 166 Å². The van der Waals surface area contributed by atoms with Crippen LogP contribution < -0.4 is 5.32 Å². The van der Waals surface area contributed by atoms with Crippen molar-refractivity contribution in [1.82, 2.24) is 10.1 Å². The zero-order chi connectivity index (χ0) is 18.8. The predicted octanol–water partition coefficient (Wildman–Crippen LogP) is 5.62. The van der Waals surface area contributed by atoms with Gasteiger partial charge in [-0.15, -0.1) is 11.3 Å². The van der Waals surface area contributed by atoms with Crippen molar-refractivity contribution < 1.29 is 13.7 Å². The van der Waals surface area contributed by atoms with Gasteiger partial charge >= 0.3 is 0 Å². The van der Waals surface area contributed by atoms with E-state index in [0.717, 1.165) is 4.47 Å². The molecule has 0 aliphatic heterocycles. The van der Waals surface area contributed by atoms with Gasteiger partial charge in [0.05, 0.1) is 5.69 Å². The molecule has 134 valence electrons. The van der Waals surface area contributed by atoms with Crippen molar-refractivity contribution in [3.05, 3.63) is 75.8 Å². The molecule has 0 saturated heterocycles. The van der Waals surface area contributed by atoms with Crippen LogP contribution in [-0.4, -0.2) is 16.0 Å². The molecule has 1 amide bonds. The highest BCUT2D eigenvalue weighted by atomic mass is 79.9. The summed E-state index contributed by atoms with van der Waals surface area (Å²) in [5.74, 6) is -0.0891. The Morgan fingerprint density at radius 3 is 2.81 bits per heavy atom. The lowest BCUT2D eigenvalue weighted by molar-refractivity contribution is 0.102. The van der Waals surface area contributed by atoms with Gasteiger partial charge in [-0.3, -0.25) is 4.79 Å². The fraction of sp³-hybridized carbons (Fsp3) is 0. The fourth-order valence-electron chi connectivity index (χ4n) is 2.46. The highest BCUT2D eigenvalue weighted by Crippen LogP contribution is 2.34. The molecule has 0 bridgehead atoms. The number of benzene rings is 2. The first-order valence-corrected chi connectivity index (χ1v) is 9.52. The van der Waals surface area contributed by atoms with Crippen LogP contribution in [-0.2, 0) is 0 Å². The van der Waals surface area contributed by atoms with E-state index in [1.165, 1.54) is 23.5 Å². The Bertz CT molecular complexity index is 1130. The number of anilines is 1. The molecule has 0 atom stereocenters. The van der Waals surface area contributed by atoms with E-state index in [9.17, 15) is 9.18 Å².